The zero-order valence-electron chi connectivity index (χ0n) is 10.6. The Morgan fingerprint density at radius 2 is 1.85 bits per heavy atom. The number of rotatable bonds is 3. The number of benzene rings is 1. The van der Waals surface area contributed by atoms with Gasteiger partial charge in [0.15, 0.2) is 0 Å². The summed E-state index contributed by atoms with van der Waals surface area (Å²) < 4.78 is 39.2. The van der Waals surface area contributed by atoms with Gasteiger partial charge in [0, 0.05) is 16.7 Å². The third kappa shape index (κ3) is 3.50. The van der Waals surface area contributed by atoms with Crippen molar-refractivity contribution in [3.05, 3.63) is 58.2 Å². The van der Waals surface area contributed by atoms with Crippen molar-refractivity contribution >= 4 is 21.7 Å². The average Bonchev–Trinajstić information content (AvgIpc) is 2.40. The molecule has 2 aromatic rings. The van der Waals surface area contributed by atoms with Gasteiger partial charge in [0.1, 0.15) is 5.82 Å². The molecule has 1 atom stereocenters. The van der Waals surface area contributed by atoms with Gasteiger partial charge in [-0.3, -0.25) is 0 Å². The summed E-state index contributed by atoms with van der Waals surface area (Å²) in [5.41, 5.74) is 0.111. The maximum absolute atomic E-state index is 13.0. The minimum atomic E-state index is -4.45. The van der Waals surface area contributed by atoms with E-state index >= 15 is 0 Å². The number of hydrogen-bond acceptors (Lipinski definition) is 2. The molecule has 2 nitrogen and oxygen atoms in total. The van der Waals surface area contributed by atoms with E-state index in [1.165, 1.54) is 6.20 Å². The first-order valence-electron chi connectivity index (χ1n) is 5.92. The molecule has 0 radical (unpaired) electrons. The maximum Gasteiger partial charge on any atom is 0.419 e. The van der Waals surface area contributed by atoms with Crippen molar-refractivity contribution in [2.24, 2.45) is 0 Å². The van der Waals surface area contributed by atoms with Gasteiger partial charge in [-0.15, -0.1) is 0 Å². The van der Waals surface area contributed by atoms with Gasteiger partial charge in [-0.1, -0.05) is 30.3 Å². The first-order chi connectivity index (χ1) is 9.38. The Balaban J connectivity index is 2.30. The minimum Gasteiger partial charge on any atom is -0.363 e. The van der Waals surface area contributed by atoms with Crippen LogP contribution >= 0.6 is 15.9 Å². The summed E-state index contributed by atoms with van der Waals surface area (Å²) >= 11 is 3.01. The van der Waals surface area contributed by atoms with Gasteiger partial charge in [-0.2, -0.15) is 13.2 Å². The van der Waals surface area contributed by atoms with Crippen molar-refractivity contribution in [2.75, 3.05) is 5.32 Å². The molecule has 0 aliphatic carbocycles. The van der Waals surface area contributed by atoms with E-state index in [0.717, 1.165) is 11.6 Å². The van der Waals surface area contributed by atoms with Crippen LogP contribution in [0.15, 0.2) is 47.1 Å². The van der Waals surface area contributed by atoms with E-state index in [2.05, 4.69) is 26.2 Å². The average molecular weight is 345 g/mol. The largest absolute Gasteiger partial charge is 0.419 e. The number of aromatic nitrogens is 1. The predicted molar refractivity (Wildman–Crippen MR) is 75.4 cm³/mol. The number of hydrogen-bond donors (Lipinski definition) is 1. The summed E-state index contributed by atoms with van der Waals surface area (Å²) in [6.07, 6.45) is -3.11. The molecule has 20 heavy (non-hydrogen) atoms. The molecule has 0 saturated carbocycles. The minimum absolute atomic E-state index is 0.169. The molecule has 1 aromatic heterocycles. The molecule has 0 bridgehead atoms. The monoisotopic (exact) mass is 344 g/mol. The summed E-state index contributed by atoms with van der Waals surface area (Å²) in [5, 5.41) is 2.81. The molecule has 1 unspecified atom stereocenters. The highest BCUT2D eigenvalue weighted by Crippen LogP contribution is 2.36. The molecule has 0 aliphatic rings. The van der Waals surface area contributed by atoms with E-state index in [9.17, 15) is 13.2 Å². The number of halogens is 4. The molecule has 1 N–H and O–H groups in total. The lowest BCUT2D eigenvalue weighted by Gasteiger charge is -2.18. The third-order valence-electron chi connectivity index (χ3n) is 2.81. The maximum atomic E-state index is 13.0. The highest BCUT2D eigenvalue weighted by Gasteiger charge is 2.35. The molecule has 0 aliphatic heterocycles. The van der Waals surface area contributed by atoms with E-state index in [1.54, 1.807) is 6.92 Å². The summed E-state index contributed by atoms with van der Waals surface area (Å²) in [7, 11) is 0. The van der Waals surface area contributed by atoms with Crippen molar-refractivity contribution in [3.63, 3.8) is 0 Å². The first-order valence-corrected chi connectivity index (χ1v) is 6.71. The summed E-state index contributed by atoms with van der Waals surface area (Å²) in [6, 6.07) is 9.99. The van der Waals surface area contributed by atoms with E-state index < -0.39 is 11.7 Å². The second-order valence-corrected chi connectivity index (χ2v) is 5.24. The van der Waals surface area contributed by atoms with Crippen LogP contribution in [0, 0.1) is 0 Å². The molecule has 0 fully saturated rings. The number of nitrogens with zero attached hydrogens (tertiary/aromatic N) is 1. The summed E-state index contributed by atoms with van der Waals surface area (Å²) in [6.45, 7) is 1.79. The molecule has 2 rings (SSSR count). The number of alkyl halides is 3. The molecule has 1 heterocycles. The molecule has 106 valence electrons. The number of nitrogens with one attached hydrogen (secondary N) is 1. The van der Waals surface area contributed by atoms with Gasteiger partial charge in [-0.05, 0) is 34.5 Å². The number of anilines is 1. The Morgan fingerprint density at radius 1 is 1.20 bits per heavy atom. The van der Waals surface area contributed by atoms with Gasteiger partial charge in [0.05, 0.1) is 5.56 Å². The number of pyridine rings is 1. The molecule has 1 aromatic carbocycles. The van der Waals surface area contributed by atoms with Gasteiger partial charge < -0.3 is 5.32 Å². The lowest BCUT2D eigenvalue weighted by molar-refractivity contribution is -0.137. The smallest absolute Gasteiger partial charge is 0.363 e. The standard InChI is InChI=1S/C14H12BrF3N2/c1-9(10-5-3-2-4-6-10)20-13-12(14(16,17)18)7-11(15)8-19-13/h2-9H,1H3,(H,19,20). The Morgan fingerprint density at radius 3 is 2.45 bits per heavy atom. The molecule has 6 heteroatoms. The zero-order valence-corrected chi connectivity index (χ0v) is 12.2. The van der Waals surface area contributed by atoms with E-state index in [4.69, 9.17) is 0 Å². The van der Waals surface area contributed by atoms with E-state index in [-0.39, 0.29) is 11.9 Å². The topological polar surface area (TPSA) is 24.9 Å². The van der Waals surface area contributed by atoms with Crippen LogP contribution in [0.5, 0.6) is 0 Å². The SMILES string of the molecule is CC(Nc1ncc(Br)cc1C(F)(F)F)c1ccccc1. The highest BCUT2D eigenvalue weighted by molar-refractivity contribution is 9.10. The fourth-order valence-corrected chi connectivity index (χ4v) is 2.13. The van der Waals surface area contributed by atoms with Crippen molar-refractivity contribution in [1.82, 2.24) is 4.98 Å². The van der Waals surface area contributed by atoms with Crippen LogP contribution < -0.4 is 5.32 Å². The highest BCUT2D eigenvalue weighted by atomic mass is 79.9. The molecular formula is C14H12BrF3N2. The fourth-order valence-electron chi connectivity index (χ4n) is 1.80. The van der Waals surface area contributed by atoms with Crippen LogP contribution in [0.1, 0.15) is 24.1 Å². The van der Waals surface area contributed by atoms with Crippen LogP contribution in [0.25, 0.3) is 0 Å². The van der Waals surface area contributed by atoms with Crippen LogP contribution in [-0.2, 0) is 6.18 Å². The van der Waals surface area contributed by atoms with Crippen molar-refractivity contribution in [2.45, 2.75) is 19.1 Å². The van der Waals surface area contributed by atoms with Crippen molar-refractivity contribution < 1.29 is 13.2 Å². The molecule has 0 amide bonds. The first kappa shape index (κ1) is 14.8. The Kier molecular flexibility index (Phi) is 4.32. The molecule has 0 spiro atoms. The normalized spacial score (nSPS) is 13.1. The zero-order chi connectivity index (χ0) is 14.8. The summed E-state index contributed by atoms with van der Waals surface area (Å²) in [5.74, 6) is -0.169. The lowest BCUT2D eigenvalue weighted by atomic mass is 10.1. The van der Waals surface area contributed by atoms with Crippen molar-refractivity contribution in [3.8, 4) is 0 Å². The van der Waals surface area contributed by atoms with Crippen LogP contribution in [0.3, 0.4) is 0 Å². The Bertz CT molecular complexity index is 585. The lowest BCUT2D eigenvalue weighted by Crippen LogP contribution is -2.15. The molecule has 0 saturated heterocycles. The quantitative estimate of drug-likeness (QED) is 0.843. The Labute approximate surface area is 123 Å². The van der Waals surface area contributed by atoms with Crippen LogP contribution in [0.4, 0.5) is 19.0 Å². The fraction of sp³-hybridized carbons (Fsp3) is 0.214. The second kappa shape index (κ2) is 5.83. The van der Waals surface area contributed by atoms with Crippen molar-refractivity contribution in [1.29, 1.82) is 0 Å². The predicted octanol–water partition coefficient (Wildman–Crippen LogP) is 5.04. The van der Waals surface area contributed by atoms with E-state index in [1.807, 2.05) is 30.3 Å². The molecular weight excluding hydrogens is 333 g/mol. The van der Waals surface area contributed by atoms with Gasteiger partial charge in [-0.25, -0.2) is 4.98 Å². The van der Waals surface area contributed by atoms with Crippen LogP contribution in [-0.4, -0.2) is 4.98 Å². The van der Waals surface area contributed by atoms with Gasteiger partial charge >= 0.3 is 6.18 Å². The Hall–Kier alpha value is -1.56. The van der Waals surface area contributed by atoms with Gasteiger partial charge in [0.25, 0.3) is 0 Å². The van der Waals surface area contributed by atoms with Crippen LogP contribution in [0.2, 0.25) is 0 Å². The summed E-state index contributed by atoms with van der Waals surface area (Å²) in [4.78, 5) is 3.83. The second-order valence-electron chi connectivity index (χ2n) is 4.32. The third-order valence-corrected chi connectivity index (χ3v) is 3.25. The van der Waals surface area contributed by atoms with Gasteiger partial charge in [0.2, 0.25) is 0 Å². The van der Waals surface area contributed by atoms with E-state index in [0.29, 0.717) is 4.47 Å².